The first-order chi connectivity index (χ1) is 6.34. The molecule has 1 aliphatic heterocycles. The smallest absolute Gasteiger partial charge is 0.180 e. The number of aromatic nitrogens is 1. The number of hydrogen-bond donors (Lipinski definition) is 1. The quantitative estimate of drug-likeness (QED) is 0.720. The lowest BCUT2D eigenvalue weighted by Crippen LogP contribution is -2.48. The minimum Gasteiger partial charge on any atom is -0.451 e. The Labute approximate surface area is 77.9 Å². The van der Waals surface area contributed by atoms with Gasteiger partial charge in [-0.2, -0.15) is 0 Å². The van der Waals surface area contributed by atoms with Gasteiger partial charge in [-0.1, -0.05) is 0 Å². The Balaban J connectivity index is 1.87. The van der Waals surface area contributed by atoms with Crippen LogP contribution in [0.2, 0.25) is 0 Å². The molecule has 1 fully saturated rings. The van der Waals surface area contributed by atoms with Gasteiger partial charge in [0.05, 0.1) is 5.69 Å². The third-order valence-corrected chi connectivity index (χ3v) is 2.32. The van der Waals surface area contributed by atoms with Gasteiger partial charge in [-0.05, 0) is 6.92 Å². The predicted molar refractivity (Wildman–Crippen MR) is 49.2 cm³/mol. The maximum Gasteiger partial charge on any atom is 0.180 e. The monoisotopic (exact) mass is 181 g/mol. The summed E-state index contributed by atoms with van der Waals surface area (Å²) in [6.07, 6.45) is 3.20. The highest BCUT2D eigenvalue weighted by atomic mass is 16.3. The van der Waals surface area contributed by atoms with Gasteiger partial charge in [0, 0.05) is 32.2 Å². The third-order valence-electron chi connectivity index (χ3n) is 2.32. The zero-order chi connectivity index (χ0) is 9.10. The molecule has 1 aromatic rings. The van der Waals surface area contributed by atoms with E-state index in [-0.39, 0.29) is 0 Å². The second-order valence-corrected chi connectivity index (χ2v) is 3.57. The molecule has 0 radical (unpaired) electrons. The molecule has 1 saturated heterocycles. The molecule has 13 heavy (non-hydrogen) atoms. The van der Waals surface area contributed by atoms with Crippen molar-refractivity contribution in [2.45, 2.75) is 19.5 Å². The Morgan fingerprint density at radius 1 is 1.77 bits per heavy atom. The second-order valence-electron chi connectivity index (χ2n) is 3.57. The molecule has 1 aliphatic rings. The van der Waals surface area contributed by atoms with Crippen molar-refractivity contribution >= 4 is 0 Å². The van der Waals surface area contributed by atoms with Crippen LogP contribution in [0.25, 0.3) is 0 Å². The molecule has 0 saturated carbocycles. The molecular formula is C9H15N3O. The number of piperazine rings is 1. The van der Waals surface area contributed by atoms with E-state index in [4.69, 9.17) is 4.42 Å². The van der Waals surface area contributed by atoms with Crippen molar-refractivity contribution < 1.29 is 4.42 Å². The lowest BCUT2D eigenvalue weighted by atomic mass is 10.2. The summed E-state index contributed by atoms with van der Waals surface area (Å²) in [5, 5.41) is 3.41. The molecule has 1 unspecified atom stereocenters. The van der Waals surface area contributed by atoms with Crippen LogP contribution in [0.15, 0.2) is 17.1 Å². The summed E-state index contributed by atoms with van der Waals surface area (Å²) in [5.74, 6) is 0. The van der Waals surface area contributed by atoms with Gasteiger partial charge in [0.2, 0.25) is 0 Å². The van der Waals surface area contributed by atoms with E-state index in [0.717, 1.165) is 31.9 Å². The van der Waals surface area contributed by atoms with Gasteiger partial charge in [-0.3, -0.25) is 4.90 Å². The van der Waals surface area contributed by atoms with Crippen molar-refractivity contribution in [2.75, 3.05) is 19.6 Å². The van der Waals surface area contributed by atoms with E-state index in [1.807, 2.05) is 0 Å². The zero-order valence-electron chi connectivity index (χ0n) is 7.86. The van der Waals surface area contributed by atoms with Crippen LogP contribution in [0.4, 0.5) is 0 Å². The van der Waals surface area contributed by atoms with E-state index < -0.39 is 0 Å². The Hall–Kier alpha value is -0.870. The predicted octanol–water partition coefficient (Wildman–Crippen LogP) is 0.468. The number of nitrogens with one attached hydrogen (secondary N) is 1. The molecule has 2 heterocycles. The molecule has 1 atom stereocenters. The molecule has 0 amide bonds. The number of rotatable bonds is 2. The van der Waals surface area contributed by atoms with E-state index >= 15 is 0 Å². The van der Waals surface area contributed by atoms with Crippen LogP contribution < -0.4 is 5.32 Å². The molecule has 1 N–H and O–H groups in total. The normalized spacial score (nSPS) is 24.8. The topological polar surface area (TPSA) is 41.3 Å². The summed E-state index contributed by atoms with van der Waals surface area (Å²) < 4.78 is 4.93. The largest absolute Gasteiger partial charge is 0.451 e. The van der Waals surface area contributed by atoms with E-state index in [1.54, 1.807) is 6.26 Å². The van der Waals surface area contributed by atoms with Crippen molar-refractivity contribution in [2.24, 2.45) is 0 Å². The highest BCUT2D eigenvalue weighted by Crippen LogP contribution is 2.04. The first kappa shape index (κ1) is 8.72. The van der Waals surface area contributed by atoms with E-state index in [9.17, 15) is 0 Å². The molecule has 1 aromatic heterocycles. The molecule has 0 bridgehead atoms. The SMILES string of the molecule is CC1CN(Cc2cocn2)CCN1. The van der Waals surface area contributed by atoms with Crippen LogP contribution in [0.3, 0.4) is 0 Å². The van der Waals surface area contributed by atoms with Crippen molar-refractivity contribution in [3.63, 3.8) is 0 Å². The average Bonchev–Trinajstić information content (AvgIpc) is 2.57. The maximum absolute atomic E-state index is 4.93. The standard InChI is InChI=1S/C9H15N3O/c1-8-4-12(3-2-10-8)5-9-6-13-7-11-9/h6-8,10H,2-5H2,1H3. The van der Waals surface area contributed by atoms with Crippen LogP contribution in [0, 0.1) is 0 Å². The summed E-state index contributed by atoms with van der Waals surface area (Å²) in [4.78, 5) is 6.49. The van der Waals surface area contributed by atoms with Crippen molar-refractivity contribution in [3.8, 4) is 0 Å². The molecule has 4 heteroatoms. The zero-order valence-corrected chi connectivity index (χ0v) is 7.86. The Kier molecular flexibility index (Phi) is 2.61. The van der Waals surface area contributed by atoms with Crippen molar-refractivity contribution in [3.05, 3.63) is 18.4 Å². The average molecular weight is 181 g/mol. The molecule has 0 aromatic carbocycles. The van der Waals surface area contributed by atoms with Gasteiger partial charge in [-0.15, -0.1) is 0 Å². The van der Waals surface area contributed by atoms with Gasteiger partial charge in [0.1, 0.15) is 6.26 Å². The van der Waals surface area contributed by atoms with Gasteiger partial charge < -0.3 is 9.73 Å². The lowest BCUT2D eigenvalue weighted by Gasteiger charge is -2.30. The highest BCUT2D eigenvalue weighted by molar-refractivity contribution is 4.91. The van der Waals surface area contributed by atoms with Crippen LogP contribution in [0.1, 0.15) is 12.6 Å². The minimum absolute atomic E-state index is 0.584. The van der Waals surface area contributed by atoms with Gasteiger partial charge in [0.25, 0.3) is 0 Å². The second kappa shape index (κ2) is 3.89. The Bertz CT molecular complexity index is 247. The molecule has 2 rings (SSSR count). The minimum atomic E-state index is 0.584. The van der Waals surface area contributed by atoms with E-state index in [0.29, 0.717) is 6.04 Å². The summed E-state index contributed by atoms with van der Waals surface area (Å²) in [7, 11) is 0. The van der Waals surface area contributed by atoms with Crippen molar-refractivity contribution in [1.29, 1.82) is 0 Å². The van der Waals surface area contributed by atoms with Gasteiger partial charge in [-0.25, -0.2) is 4.98 Å². The molecule has 4 nitrogen and oxygen atoms in total. The number of hydrogen-bond acceptors (Lipinski definition) is 4. The fraction of sp³-hybridized carbons (Fsp3) is 0.667. The fourth-order valence-corrected chi connectivity index (χ4v) is 1.70. The lowest BCUT2D eigenvalue weighted by molar-refractivity contribution is 0.197. The number of oxazole rings is 1. The van der Waals surface area contributed by atoms with Gasteiger partial charge in [0.15, 0.2) is 6.39 Å². The van der Waals surface area contributed by atoms with Gasteiger partial charge >= 0.3 is 0 Å². The molecular weight excluding hydrogens is 166 g/mol. The Morgan fingerprint density at radius 3 is 3.38 bits per heavy atom. The fourth-order valence-electron chi connectivity index (χ4n) is 1.70. The summed E-state index contributed by atoms with van der Waals surface area (Å²) in [5.41, 5.74) is 1.02. The first-order valence-corrected chi connectivity index (χ1v) is 4.67. The molecule has 0 aliphatic carbocycles. The van der Waals surface area contributed by atoms with Crippen molar-refractivity contribution in [1.82, 2.24) is 15.2 Å². The first-order valence-electron chi connectivity index (χ1n) is 4.67. The van der Waals surface area contributed by atoms with E-state index in [1.165, 1.54) is 6.39 Å². The highest BCUT2D eigenvalue weighted by Gasteiger charge is 2.15. The Morgan fingerprint density at radius 2 is 2.69 bits per heavy atom. The summed E-state index contributed by atoms with van der Waals surface area (Å²) >= 11 is 0. The molecule has 0 spiro atoms. The van der Waals surface area contributed by atoms with Crippen LogP contribution >= 0.6 is 0 Å². The third kappa shape index (κ3) is 2.29. The van der Waals surface area contributed by atoms with Crippen LogP contribution in [0.5, 0.6) is 0 Å². The van der Waals surface area contributed by atoms with E-state index in [2.05, 4.69) is 22.1 Å². The number of nitrogens with zero attached hydrogens (tertiary/aromatic N) is 2. The van der Waals surface area contributed by atoms with Crippen LogP contribution in [-0.4, -0.2) is 35.6 Å². The van der Waals surface area contributed by atoms with Crippen LogP contribution in [-0.2, 0) is 6.54 Å². The maximum atomic E-state index is 4.93. The summed E-state index contributed by atoms with van der Waals surface area (Å²) in [6.45, 7) is 6.36. The molecule has 72 valence electrons. The summed E-state index contributed by atoms with van der Waals surface area (Å²) in [6, 6.07) is 0.584.